The van der Waals surface area contributed by atoms with E-state index in [4.69, 9.17) is 0 Å². The van der Waals surface area contributed by atoms with Gasteiger partial charge in [-0.05, 0) is 31.5 Å². The van der Waals surface area contributed by atoms with Crippen molar-refractivity contribution in [1.29, 1.82) is 0 Å². The van der Waals surface area contributed by atoms with Crippen LogP contribution in [0.5, 0.6) is 0 Å². The number of halogens is 1. The summed E-state index contributed by atoms with van der Waals surface area (Å²) in [5, 5.41) is 3.10. The smallest absolute Gasteiger partial charge is 0.146 e. The molecule has 0 saturated heterocycles. The molecule has 0 radical (unpaired) electrons. The van der Waals surface area contributed by atoms with Crippen LogP contribution in [0.15, 0.2) is 30.7 Å². The summed E-state index contributed by atoms with van der Waals surface area (Å²) in [4.78, 5) is 4.07. The number of aryl methyl sites for hydroxylation is 2. The molecule has 0 aliphatic heterocycles. The van der Waals surface area contributed by atoms with Crippen LogP contribution < -0.4 is 5.32 Å². The van der Waals surface area contributed by atoms with Gasteiger partial charge in [0, 0.05) is 12.7 Å². The van der Waals surface area contributed by atoms with Gasteiger partial charge in [-0.25, -0.2) is 9.37 Å². The van der Waals surface area contributed by atoms with Crippen LogP contribution in [0, 0.1) is 12.7 Å². The fourth-order valence-corrected chi connectivity index (χ4v) is 1.74. The van der Waals surface area contributed by atoms with Crippen molar-refractivity contribution in [2.75, 3.05) is 5.32 Å². The predicted octanol–water partition coefficient (Wildman–Crippen LogP) is 2.96. The minimum absolute atomic E-state index is 0.224. The standard InChI is InChI=1S/C13H16FN3/c1-3-17-9-15-7-11(17)8-16-13-6-10(2)4-5-12(13)14/h4-7,9,16H,3,8H2,1-2H3. The van der Waals surface area contributed by atoms with Crippen molar-refractivity contribution < 1.29 is 4.39 Å². The molecule has 4 heteroatoms. The van der Waals surface area contributed by atoms with Gasteiger partial charge in [-0.15, -0.1) is 0 Å². The third-order valence-electron chi connectivity index (χ3n) is 2.72. The quantitative estimate of drug-likeness (QED) is 0.879. The highest BCUT2D eigenvalue weighted by molar-refractivity contribution is 5.47. The lowest BCUT2D eigenvalue weighted by molar-refractivity contribution is 0.628. The van der Waals surface area contributed by atoms with Crippen molar-refractivity contribution in [3.8, 4) is 0 Å². The number of nitrogens with zero attached hydrogens (tertiary/aromatic N) is 2. The number of benzene rings is 1. The van der Waals surface area contributed by atoms with Crippen molar-refractivity contribution in [1.82, 2.24) is 9.55 Å². The van der Waals surface area contributed by atoms with Crippen LogP contribution in [-0.4, -0.2) is 9.55 Å². The molecule has 2 aromatic rings. The van der Waals surface area contributed by atoms with Crippen molar-refractivity contribution in [3.05, 3.63) is 47.8 Å². The molecule has 90 valence electrons. The lowest BCUT2D eigenvalue weighted by Crippen LogP contribution is -2.07. The van der Waals surface area contributed by atoms with E-state index in [0.717, 1.165) is 17.8 Å². The molecule has 0 amide bonds. The summed E-state index contributed by atoms with van der Waals surface area (Å²) in [5.41, 5.74) is 2.63. The molecule has 17 heavy (non-hydrogen) atoms. The number of hydrogen-bond donors (Lipinski definition) is 1. The Hall–Kier alpha value is -1.84. The Morgan fingerprint density at radius 1 is 1.41 bits per heavy atom. The summed E-state index contributed by atoms with van der Waals surface area (Å²) in [6, 6.07) is 5.05. The second kappa shape index (κ2) is 4.99. The van der Waals surface area contributed by atoms with E-state index in [2.05, 4.69) is 17.2 Å². The summed E-state index contributed by atoms with van der Waals surface area (Å²) in [7, 11) is 0. The first kappa shape index (κ1) is 11.6. The summed E-state index contributed by atoms with van der Waals surface area (Å²) >= 11 is 0. The molecule has 1 aromatic carbocycles. The second-order valence-corrected chi connectivity index (χ2v) is 4.01. The summed E-state index contributed by atoms with van der Waals surface area (Å²) in [6.45, 7) is 5.45. The number of aromatic nitrogens is 2. The molecule has 0 atom stereocenters. The van der Waals surface area contributed by atoms with Crippen LogP contribution in [0.3, 0.4) is 0 Å². The van der Waals surface area contributed by atoms with E-state index in [1.54, 1.807) is 18.6 Å². The molecule has 0 spiro atoms. The first-order valence-corrected chi connectivity index (χ1v) is 5.69. The molecule has 0 aliphatic rings. The fraction of sp³-hybridized carbons (Fsp3) is 0.308. The predicted molar refractivity (Wildman–Crippen MR) is 66.4 cm³/mol. The van der Waals surface area contributed by atoms with Gasteiger partial charge in [0.25, 0.3) is 0 Å². The molecule has 1 aromatic heterocycles. The SMILES string of the molecule is CCn1cncc1CNc1cc(C)ccc1F. The van der Waals surface area contributed by atoms with Gasteiger partial charge in [-0.3, -0.25) is 0 Å². The molecule has 0 fully saturated rings. The van der Waals surface area contributed by atoms with Crippen LogP contribution >= 0.6 is 0 Å². The molecule has 1 N–H and O–H groups in total. The highest BCUT2D eigenvalue weighted by atomic mass is 19.1. The van der Waals surface area contributed by atoms with Gasteiger partial charge in [0.05, 0.1) is 24.3 Å². The maximum atomic E-state index is 13.5. The first-order valence-electron chi connectivity index (χ1n) is 5.69. The first-order chi connectivity index (χ1) is 8.20. The minimum atomic E-state index is -0.224. The Morgan fingerprint density at radius 2 is 2.24 bits per heavy atom. The molecule has 0 saturated carbocycles. The zero-order valence-corrected chi connectivity index (χ0v) is 10.1. The van der Waals surface area contributed by atoms with Gasteiger partial charge in [-0.2, -0.15) is 0 Å². The molecule has 3 nitrogen and oxygen atoms in total. The normalized spacial score (nSPS) is 10.5. The zero-order valence-electron chi connectivity index (χ0n) is 10.1. The van der Waals surface area contributed by atoms with E-state index in [1.165, 1.54) is 6.07 Å². The molecular formula is C13H16FN3. The molecule has 0 aliphatic carbocycles. The van der Waals surface area contributed by atoms with E-state index < -0.39 is 0 Å². The van der Waals surface area contributed by atoms with Crippen molar-refractivity contribution in [3.63, 3.8) is 0 Å². The van der Waals surface area contributed by atoms with Crippen LogP contribution in [0.2, 0.25) is 0 Å². The monoisotopic (exact) mass is 233 g/mol. The topological polar surface area (TPSA) is 29.9 Å². The van der Waals surface area contributed by atoms with Crippen LogP contribution in [0.25, 0.3) is 0 Å². The Bertz CT molecular complexity index is 505. The van der Waals surface area contributed by atoms with Crippen molar-refractivity contribution >= 4 is 5.69 Å². The molecular weight excluding hydrogens is 217 g/mol. The van der Waals surface area contributed by atoms with E-state index in [0.29, 0.717) is 12.2 Å². The Labute approximate surface area is 100 Å². The Balaban J connectivity index is 2.09. The van der Waals surface area contributed by atoms with Gasteiger partial charge >= 0.3 is 0 Å². The van der Waals surface area contributed by atoms with Crippen molar-refractivity contribution in [2.24, 2.45) is 0 Å². The number of rotatable bonds is 4. The minimum Gasteiger partial charge on any atom is -0.377 e. The highest BCUT2D eigenvalue weighted by Crippen LogP contribution is 2.16. The third kappa shape index (κ3) is 2.64. The fourth-order valence-electron chi connectivity index (χ4n) is 1.74. The summed E-state index contributed by atoms with van der Waals surface area (Å²) < 4.78 is 15.5. The van der Waals surface area contributed by atoms with Gasteiger partial charge < -0.3 is 9.88 Å². The van der Waals surface area contributed by atoms with Gasteiger partial charge in [0.1, 0.15) is 5.82 Å². The second-order valence-electron chi connectivity index (χ2n) is 4.01. The van der Waals surface area contributed by atoms with Gasteiger partial charge in [-0.1, -0.05) is 6.07 Å². The lowest BCUT2D eigenvalue weighted by atomic mass is 10.2. The van der Waals surface area contributed by atoms with E-state index in [-0.39, 0.29) is 5.82 Å². The van der Waals surface area contributed by atoms with Crippen LogP contribution in [-0.2, 0) is 13.1 Å². The third-order valence-corrected chi connectivity index (χ3v) is 2.72. The summed E-state index contributed by atoms with van der Waals surface area (Å²) in [5.74, 6) is -0.224. The lowest BCUT2D eigenvalue weighted by Gasteiger charge is -2.09. The number of anilines is 1. The van der Waals surface area contributed by atoms with Crippen LogP contribution in [0.1, 0.15) is 18.2 Å². The molecule has 2 rings (SSSR count). The summed E-state index contributed by atoms with van der Waals surface area (Å²) in [6.07, 6.45) is 3.58. The van der Waals surface area contributed by atoms with E-state index in [9.17, 15) is 4.39 Å². The molecule has 1 heterocycles. The largest absolute Gasteiger partial charge is 0.377 e. The highest BCUT2D eigenvalue weighted by Gasteiger charge is 2.04. The number of hydrogen-bond acceptors (Lipinski definition) is 2. The average Bonchev–Trinajstić information content (AvgIpc) is 2.77. The van der Waals surface area contributed by atoms with E-state index >= 15 is 0 Å². The molecule has 0 unspecified atom stereocenters. The zero-order chi connectivity index (χ0) is 12.3. The van der Waals surface area contributed by atoms with Gasteiger partial charge in [0.2, 0.25) is 0 Å². The number of nitrogens with one attached hydrogen (secondary N) is 1. The maximum absolute atomic E-state index is 13.5. The Kier molecular flexibility index (Phi) is 3.42. The maximum Gasteiger partial charge on any atom is 0.146 e. The van der Waals surface area contributed by atoms with Crippen LogP contribution in [0.4, 0.5) is 10.1 Å². The van der Waals surface area contributed by atoms with E-state index in [1.807, 2.05) is 17.6 Å². The average molecular weight is 233 g/mol. The number of imidazole rings is 1. The van der Waals surface area contributed by atoms with Gasteiger partial charge in [0.15, 0.2) is 0 Å². The Morgan fingerprint density at radius 3 is 3.00 bits per heavy atom. The molecule has 0 bridgehead atoms. The van der Waals surface area contributed by atoms with Crippen molar-refractivity contribution in [2.45, 2.75) is 26.9 Å².